The van der Waals surface area contributed by atoms with Crippen LogP contribution >= 0.6 is 15.9 Å². The zero-order valence-electron chi connectivity index (χ0n) is 14.5. The number of sulfonamides is 1. The van der Waals surface area contributed by atoms with Crippen molar-refractivity contribution in [2.45, 2.75) is 37.5 Å². The zero-order valence-corrected chi connectivity index (χ0v) is 16.9. The summed E-state index contributed by atoms with van der Waals surface area (Å²) in [4.78, 5) is 14.2. The van der Waals surface area contributed by atoms with Gasteiger partial charge in [-0.05, 0) is 64.7 Å². The number of hydrogen-bond donors (Lipinski definition) is 1. The van der Waals surface area contributed by atoms with Crippen molar-refractivity contribution < 1.29 is 13.2 Å². The third-order valence-corrected chi connectivity index (χ3v) is 6.79. The van der Waals surface area contributed by atoms with Crippen LogP contribution in [0.3, 0.4) is 0 Å². The summed E-state index contributed by atoms with van der Waals surface area (Å²) in [7, 11) is -3.69. The fourth-order valence-electron chi connectivity index (χ4n) is 3.06. The van der Waals surface area contributed by atoms with Gasteiger partial charge in [0.15, 0.2) is 0 Å². The highest BCUT2D eigenvalue weighted by atomic mass is 79.9. The Labute approximate surface area is 162 Å². The Balaban J connectivity index is 1.88. The quantitative estimate of drug-likeness (QED) is 0.732. The maximum absolute atomic E-state index is 12.6. The summed E-state index contributed by atoms with van der Waals surface area (Å²) in [6.07, 6.45) is 3.04. The number of carbonyl (C=O) groups excluding carboxylic acids is 1. The molecule has 2 aromatic carbocycles. The fourth-order valence-corrected chi connectivity index (χ4v) is 5.11. The third kappa shape index (κ3) is 3.94. The lowest BCUT2D eigenvalue weighted by Gasteiger charge is -2.30. The fraction of sp³-hybridized carbons (Fsp3) is 0.316. The number of nitrogens with one attached hydrogen (secondary N) is 1. The lowest BCUT2D eigenvalue weighted by atomic mass is 10.00. The van der Waals surface area contributed by atoms with E-state index in [4.69, 9.17) is 0 Å². The molecule has 1 heterocycles. The Morgan fingerprint density at radius 3 is 2.65 bits per heavy atom. The highest BCUT2D eigenvalue weighted by Crippen LogP contribution is 2.32. The number of anilines is 2. The molecule has 1 aliphatic heterocycles. The second-order valence-electron chi connectivity index (χ2n) is 6.28. The van der Waals surface area contributed by atoms with Crippen LogP contribution in [0.5, 0.6) is 0 Å². The first-order valence-electron chi connectivity index (χ1n) is 8.63. The third-order valence-electron chi connectivity index (χ3n) is 4.39. The maximum Gasteiger partial charge on any atom is 0.263 e. The Morgan fingerprint density at radius 2 is 1.92 bits per heavy atom. The first kappa shape index (κ1) is 18.9. The van der Waals surface area contributed by atoms with Crippen LogP contribution < -0.4 is 9.62 Å². The molecule has 0 bridgehead atoms. The first-order valence-corrected chi connectivity index (χ1v) is 10.9. The van der Waals surface area contributed by atoms with Crippen molar-refractivity contribution in [3.63, 3.8) is 0 Å². The number of amides is 1. The average Bonchev–Trinajstić information content (AvgIpc) is 2.61. The van der Waals surface area contributed by atoms with Crippen LogP contribution in [-0.2, 0) is 21.2 Å². The Bertz CT molecular complexity index is 928. The molecule has 0 spiro atoms. The van der Waals surface area contributed by atoms with Crippen LogP contribution in [0.25, 0.3) is 0 Å². The van der Waals surface area contributed by atoms with Crippen LogP contribution in [0.1, 0.15) is 31.7 Å². The molecule has 1 N–H and O–H groups in total. The SMILES string of the molecule is CCCCN1C(=O)CCc2cc(NS(=O)(=O)c3ccccc3Br)ccc21. The van der Waals surface area contributed by atoms with E-state index in [1.165, 1.54) is 0 Å². The number of hydrogen-bond acceptors (Lipinski definition) is 3. The van der Waals surface area contributed by atoms with Gasteiger partial charge in [0.1, 0.15) is 4.90 Å². The molecule has 0 saturated heterocycles. The minimum atomic E-state index is -3.69. The summed E-state index contributed by atoms with van der Waals surface area (Å²) in [6.45, 7) is 2.79. The van der Waals surface area contributed by atoms with E-state index >= 15 is 0 Å². The van der Waals surface area contributed by atoms with Gasteiger partial charge in [-0.2, -0.15) is 0 Å². The summed E-state index contributed by atoms with van der Waals surface area (Å²) in [5.74, 6) is 0.132. The van der Waals surface area contributed by atoms with Crippen LogP contribution in [0.15, 0.2) is 51.8 Å². The van der Waals surface area contributed by atoms with Gasteiger partial charge in [0.2, 0.25) is 5.91 Å². The molecule has 0 aliphatic carbocycles. The lowest BCUT2D eigenvalue weighted by Crippen LogP contribution is -2.35. The minimum absolute atomic E-state index is 0.132. The van der Waals surface area contributed by atoms with Crippen molar-refractivity contribution in [1.29, 1.82) is 0 Å². The van der Waals surface area contributed by atoms with Crippen molar-refractivity contribution >= 4 is 43.2 Å². The van der Waals surface area contributed by atoms with Crippen LogP contribution in [0, 0.1) is 0 Å². The smallest absolute Gasteiger partial charge is 0.263 e. The molecule has 0 unspecified atom stereocenters. The molecule has 0 saturated carbocycles. The number of fused-ring (bicyclic) bond motifs is 1. The largest absolute Gasteiger partial charge is 0.312 e. The van der Waals surface area contributed by atoms with Gasteiger partial charge < -0.3 is 4.90 Å². The first-order chi connectivity index (χ1) is 12.4. The molecule has 0 atom stereocenters. The summed E-state index contributed by atoms with van der Waals surface area (Å²) >= 11 is 3.28. The van der Waals surface area contributed by atoms with Crippen molar-refractivity contribution in [3.8, 4) is 0 Å². The van der Waals surface area contributed by atoms with Gasteiger partial charge in [0.25, 0.3) is 10.0 Å². The van der Waals surface area contributed by atoms with Gasteiger partial charge in [-0.25, -0.2) is 8.42 Å². The normalized spacial score (nSPS) is 14.2. The number of carbonyl (C=O) groups is 1. The molecule has 26 heavy (non-hydrogen) atoms. The molecule has 0 aromatic heterocycles. The predicted molar refractivity (Wildman–Crippen MR) is 107 cm³/mol. The van der Waals surface area contributed by atoms with Gasteiger partial charge in [-0.15, -0.1) is 0 Å². The zero-order chi connectivity index (χ0) is 18.7. The van der Waals surface area contributed by atoms with Crippen LogP contribution in [0.2, 0.25) is 0 Å². The Morgan fingerprint density at radius 1 is 1.15 bits per heavy atom. The van der Waals surface area contributed by atoms with Crippen molar-refractivity contribution in [2.24, 2.45) is 0 Å². The highest BCUT2D eigenvalue weighted by Gasteiger charge is 2.24. The van der Waals surface area contributed by atoms with E-state index in [0.717, 1.165) is 24.1 Å². The van der Waals surface area contributed by atoms with E-state index in [-0.39, 0.29) is 10.8 Å². The molecule has 0 radical (unpaired) electrons. The number of halogens is 1. The molecule has 5 nitrogen and oxygen atoms in total. The second kappa shape index (κ2) is 7.80. The van der Waals surface area contributed by atoms with Gasteiger partial charge >= 0.3 is 0 Å². The molecular formula is C19H21BrN2O3S. The van der Waals surface area contributed by atoms with Gasteiger partial charge in [-0.3, -0.25) is 9.52 Å². The average molecular weight is 437 g/mol. The highest BCUT2D eigenvalue weighted by molar-refractivity contribution is 9.10. The predicted octanol–water partition coefficient (Wildman–Crippen LogP) is 4.33. The minimum Gasteiger partial charge on any atom is -0.312 e. The van der Waals surface area contributed by atoms with Crippen molar-refractivity contribution in [2.75, 3.05) is 16.2 Å². The summed E-state index contributed by atoms with van der Waals surface area (Å²) in [5.41, 5.74) is 2.39. The van der Waals surface area contributed by atoms with E-state index in [9.17, 15) is 13.2 Å². The molecule has 3 rings (SSSR count). The summed E-state index contributed by atoms with van der Waals surface area (Å²) in [5, 5.41) is 0. The molecule has 2 aromatic rings. The van der Waals surface area contributed by atoms with E-state index in [1.54, 1.807) is 30.3 Å². The summed E-state index contributed by atoms with van der Waals surface area (Å²) < 4.78 is 28.4. The Kier molecular flexibility index (Phi) is 5.67. The topological polar surface area (TPSA) is 66.5 Å². The molecule has 0 fully saturated rings. The van der Waals surface area contributed by atoms with Crippen molar-refractivity contribution in [1.82, 2.24) is 0 Å². The maximum atomic E-state index is 12.6. The van der Waals surface area contributed by atoms with Gasteiger partial charge in [-0.1, -0.05) is 25.5 Å². The number of rotatable bonds is 6. The van der Waals surface area contributed by atoms with E-state index < -0.39 is 10.0 Å². The lowest BCUT2D eigenvalue weighted by molar-refractivity contribution is -0.118. The molecule has 138 valence electrons. The van der Waals surface area contributed by atoms with Crippen molar-refractivity contribution in [3.05, 3.63) is 52.5 Å². The monoisotopic (exact) mass is 436 g/mol. The van der Waals surface area contributed by atoms with E-state index in [0.29, 0.717) is 29.5 Å². The number of benzene rings is 2. The van der Waals surface area contributed by atoms with E-state index in [1.807, 2.05) is 17.0 Å². The molecule has 1 amide bonds. The molecule has 7 heteroatoms. The van der Waals surface area contributed by atoms with Crippen LogP contribution in [0.4, 0.5) is 11.4 Å². The number of unbranched alkanes of at least 4 members (excludes halogenated alkanes) is 1. The van der Waals surface area contributed by atoms with Gasteiger partial charge in [0.05, 0.1) is 0 Å². The standard InChI is InChI=1S/C19H21BrN2O3S/c1-2-3-12-22-17-10-9-15(13-14(17)8-11-19(22)23)21-26(24,25)18-7-5-4-6-16(18)20/h4-7,9-10,13,21H,2-3,8,11-12H2,1H3. The Hall–Kier alpha value is -1.86. The molecular weight excluding hydrogens is 416 g/mol. The number of nitrogens with zero attached hydrogens (tertiary/aromatic N) is 1. The molecule has 1 aliphatic rings. The van der Waals surface area contributed by atoms with E-state index in [2.05, 4.69) is 27.6 Å². The van der Waals surface area contributed by atoms with Crippen LogP contribution in [-0.4, -0.2) is 20.9 Å². The summed E-state index contributed by atoms with van der Waals surface area (Å²) in [6, 6.07) is 12.1. The number of aryl methyl sites for hydroxylation is 1. The van der Waals surface area contributed by atoms with Gasteiger partial charge in [0, 0.05) is 28.8 Å². The second-order valence-corrected chi connectivity index (χ2v) is 8.78.